The summed E-state index contributed by atoms with van der Waals surface area (Å²) in [6, 6.07) is 0. The summed E-state index contributed by atoms with van der Waals surface area (Å²) in [4.78, 5) is 0. The van der Waals surface area contributed by atoms with Crippen molar-refractivity contribution in [3.05, 3.63) is 0 Å². The summed E-state index contributed by atoms with van der Waals surface area (Å²) in [5.41, 5.74) is 0. The Hall–Kier alpha value is -0.120. The zero-order valence-electron chi connectivity index (χ0n) is 7.78. The summed E-state index contributed by atoms with van der Waals surface area (Å²) in [5, 5.41) is 0. The van der Waals surface area contributed by atoms with Gasteiger partial charge in [0.2, 0.25) is 0 Å². The van der Waals surface area contributed by atoms with Gasteiger partial charge in [-0.3, -0.25) is 0 Å². The van der Waals surface area contributed by atoms with Crippen LogP contribution < -0.4 is 0 Å². The molecule has 0 bridgehead atoms. The molecule has 2 heterocycles. The Bertz CT molecular complexity index is 191. The lowest BCUT2D eigenvalue weighted by molar-refractivity contribution is -0.311. The fourth-order valence-electron chi connectivity index (χ4n) is 2.32. The minimum Gasteiger partial charge on any atom is -0.371 e. The molecule has 1 aliphatic carbocycles. The van der Waals surface area contributed by atoms with Crippen LogP contribution in [0.15, 0.2) is 0 Å². The molecule has 3 aliphatic rings. The molecule has 4 unspecified atom stereocenters. The molecule has 1 saturated carbocycles. The van der Waals surface area contributed by atoms with Crippen molar-refractivity contribution < 1.29 is 14.2 Å². The third-order valence-corrected chi connectivity index (χ3v) is 3.26. The standard InChI is InChI=1S/C10H16O3/c1-2-4-9-8(3-1)10(13-9)12-6-7-5-11-7/h7-10H,1-6H2. The fraction of sp³-hybridized carbons (Fsp3) is 1.00. The second-order valence-corrected chi connectivity index (χ2v) is 4.28. The number of rotatable bonds is 3. The highest BCUT2D eigenvalue weighted by atomic mass is 16.7. The van der Waals surface area contributed by atoms with Crippen molar-refractivity contribution >= 4 is 0 Å². The van der Waals surface area contributed by atoms with Crippen LogP contribution in [0.2, 0.25) is 0 Å². The Kier molecular flexibility index (Phi) is 2.04. The van der Waals surface area contributed by atoms with Crippen LogP contribution in [0.5, 0.6) is 0 Å². The van der Waals surface area contributed by atoms with Crippen LogP contribution in [0.25, 0.3) is 0 Å². The van der Waals surface area contributed by atoms with Crippen LogP contribution in [0.1, 0.15) is 25.7 Å². The van der Waals surface area contributed by atoms with E-state index in [2.05, 4.69) is 0 Å². The first-order chi connectivity index (χ1) is 6.43. The van der Waals surface area contributed by atoms with Crippen LogP contribution in [-0.2, 0) is 14.2 Å². The first-order valence-corrected chi connectivity index (χ1v) is 5.32. The zero-order valence-corrected chi connectivity index (χ0v) is 7.78. The van der Waals surface area contributed by atoms with Crippen molar-refractivity contribution in [2.24, 2.45) is 5.92 Å². The average molecular weight is 184 g/mol. The molecule has 3 heteroatoms. The van der Waals surface area contributed by atoms with E-state index in [0.717, 1.165) is 13.2 Å². The van der Waals surface area contributed by atoms with Gasteiger partial charge in [0.05, 0.1) is 19.3 Å². The molecule has 0 aromatic rings. The number of hydrogen-bond acceptors (Lipinski definition) is 3. The van der Waals surface area contributed by atoms with Gasteiger partial charge >= 0.3 is 0 Å². The molecule has 3 nitrogen and oxygen atoms in total. The SMILES string of the molecule is C1CCC2C(C1)OC2OCC1CO1. The van der Waals surface area contributed by atoms with Gasteiger partial charge < -0.3 is 14.2 Å². The zero-order chi connectivity index (χ0) is 8.67. The maximum absolute atomic E-state index is 5.64. The van der Waals surface area contributed by atoms with Gasteiger partial charge in [-0.2, -0.15) is 0 Å². The van der Waals surface area contributed by atoms with E-state index < -0.39 is 0 Å². The molecule has 3 rings (SSSR count). The highest BCUT2D eigenvalue weighted by molar-refractivity contribution is 4.87. The molecule has 0 aromatic heterocycles. The third-order valence-electron chi connectivity index (χ3n) is 3.26. The summed E-state index contributed by atoms with van der Waals surface area (Å²) in [7, 11) is 0. The van der Waals surface area contributed by atoms with E-state index in [1.54, 1.807) is 0 Å². The van der Waals surface area contributed by atoms with Crippen molar-refractivity contribution in [1.29, 1.82) is 0 Å². The van der Waals surface area contributed by atoms with Crippen LogP contribution in [0, 0.1) is 5.92 Å². The van der Waals surface area contributed by atoms with Crippen molar-refractivity contribution in [1.82, 2.24) is 0 Å². The molecule has 0 aromatic carbocycles. The van der Waals surface area contributed by atoms with Gasteiger partial charge in [-0.25, -0.2) is 0 Å². The monoisotopic (exact) mass is 184 g/mol. The second-order valence-electron chi connectivity index (χ2n) is 4.28. The molecular formula is C10H16O3. The predicted octanol–water partition coefficient (Wildman–Crippen LogP) is 1.32. The fourth-order valence-corrected chi connectivity index (χ4v) is 2.32. The molecule has 0 amide bonds. The molecule has 0 radical (unpaired) electrons. The van der Waals surface area contributed by atoms with E-state index in [4.69, 9.17) is 14.2 Å². The minimum absolute atomic E-state index is 0.0921. The lowest BCUT2D eigenvalue weighted by Gasteiger charge is -2.47. The Labute approximate surface area is 78.3 Å². The lowest BCUT2D eigenvalue weighted by atomic mass is 9.82. The van der Waals surface area contributed by atoms with Crippen molar-refractivity contribution in [2.45, 2.75) is 44.2 Å². The molecule has 2 saturated heterocycles. The normalized spacial score (nSPS) is 48.0. The molecular weight excluding hydrogens is 168 g/mol. The largest absolute Gasteiger partial charge is 0.371 e. The Balaban J connectivity index is 1.45. The van der Waals surface area contributed by atoms with Crippen molar-refractivity contribution in [3.8, 4) is 0 Å². The van der Waals surface area contributed by atoms with E-state index in [9.17, 15) is 0 Å². The summed E-state index contributed by atoms with van der Waals surface area (Å²) < 4.78 is 16.4. The van der Waals surface area contributed by atoms with Crippen LogP contribution in [0.3, 0.4) is 0 Å². The van der Waals surface area contributed by atoms with Gasteiger partial charge in [0, 0.05) is 5.92 Å². The van der Waals surface area contributed by atoms with Crippen molar-refractivity contribution in [2.75, 3.05) is 13.2 Å². The highest BCUT2D eigenvalue weighted by Gasteiger charge is 2.44. The molecule has 13 heavy (non-hydrogen) atoms. The summed E-state index contributed by atoms with van der Waals surface area (Å²) in [5.74, 6) is 0.687. The maximum Gasteiger partial charge on any atom is 0.163 e. The van der Waals surface area contributed by atoms with Crippen LogP contribution in [0.4, 0.5) is 0 Å². The van der Waals surface area contributed by atoms with E-state index in [0.29, 0.717) is 18.1 Å². The van der Waals surface area contributed by atoms with Crippen LogP contribution >= 0.6 is 0 Å². The first kappa shape index (κ1) is 8.21. The van der Waals surface area contributed by atoms with Crippen molar-refractivity contribution in [3.63, 3.8) is 0 Å². The van der Waals surface area contributed by atoms with Gasteiger partial charge in [-0.15, -0.1) is 0 Å². The molecule has 74 valence electrons. The topological polar surface area (TPSA) is 31.0 Å². The predicted molar refractivity (Wildman–Crippen MR) is 46.3 cm³/mol. The summed E-state index contributed by atoms with van der Waals surface area (Å²) in [6.07, 6.45) is 6.19. The Morgan fingerprint density at radius 1 is 1.23 bits per heavy atom. The average Bonchev–Trinajstić information content (AvgIpc) is 2.90. The van der Waals surface area contributed by atoms with Gasteiger partial charge in [0.25, 0.3) is 0 Å². The van der Waals surface area contributed by atoms with E-state index in [-0.39, 0.29) is 6.29 Å². The van der Waals surface area contributed by atoms with Gasteiger partial charge in [0.1, 0.15) is 6.10 Å². The van der Waals surface area contributed by atoms with Gasteiger partial charge in [-0.05, 0) is 12.8 Å². The molecule has 0 N–H and O–H groups in total. The Morgan fingerprint density at radius 3 is 2.85 bits per heavy atom. The van der Waals surface area contributed by atoms with E-state index in [1.165, 1.54) is 25.7 Å². The number of hydrogen-bond donors (Lipinski definition) is 0. The molecule has 2 aliphatic heterocycles. The minimum atomic E-state index is 0.0921. The first-order valence-electron chi connectivity index (χ1n) is 5.32. The molecule has 3 fully saturated rings. The van der Waals surface area contributed by atoms with E-state index >= 15 is 0 Å². The van der Waals surface area contributed by atoms with E-state index in [1.807, 2.05) is 0 Å². The van der Waals surface area contributed by atoms with Crippen LogP contribution in [-0.4, -0.2) is 31.7 Å². The molecule has 4 atom stereocenters. The number of fused-ring (bicyclic) bond motifs is 1. The Morgan fingerprint density at radius 2 is 2.08 bits per heavy atom. The summed E-state index contributed by atoms with van der Waals surface area (Å²) in [6.45, 7) is 1.61. The number of epoxide rings is 1. The van der Waals surface area contributed by atoms with Gasteiger partial charge in [-0.1, -0.05) is 12.8 Å². The molecule has 0 spiro atoms. The highest BCUT2D eigenvalue weighted by Crippen LogP contribution is 2.40. The lowest BCUT2D eigenvalue weighted by Crippen LogP contribution is -2.52. The number of ether oxygens (including phenoxy) is 3. The second kappa shape index (κ2) is 3.23. The maximum atomic E-state index is 5.64. The quantitative estimate of drug-likeness (QED) is 0.620. The van der Waals surface area contributed by atoms with Gasteiger partial charge in [0.15, 0.2) is 6.29 Å². The third kappa shape index (κ3) is 1.60. The smallest absolute Gasteiger partial charge is 0.163 e. The summed E-state index contributed by atoms with van der Waals surface area (Å²) >= 11 is 0.